The highest BCUT2D eigenvalue weighted by Crippen LogP contribution is 2.44. The highest BCUT2D eigenvalue weighted by atomic mass is 35.5. The van der Waals surface area contributed by atoms with Crippen LogP contribution in [0.2, 0.25) is 5.02 Å². The molecule has 3 nitrogen and oxygen atoms in total. The predicted octanol–water partition coefficient (Wildman–Crippen LogP) is 7.50. The topological polar surface area (TPSA) is 27.7 Å². The van der Waals surface area contributed by atoms with Gasteiger partial charge in [-0.1, -0.05) is 93.4 Å². The quantitative estimate of drug-likeness (QED) is 0.375. The number of rotatable bonds is 10. The van der Waals surface area contributed by atoms with Crippen molar-refractivity contribution in [1.29, 1.82) is 0 Å². The zero-order valence-corrected chi connectivity index (χ0v) is 18.4. The molecule has 0 spiro atoms. The molecule has 158 valence electrons. The number of benzene rings is 2. The van der Waals surface area contributed by atoms with Crippen LogP contribution in [0.3, 0.4) is 0 Å². The van der Waals surface area contributed by atoms with Crippen molar-refractivity contribution in [2.24, 2.45) is 5.92 Å². The van der Waals surface area contributed by atoms with Crippen LogP contribution >= 0.6 is 11.6 Å². The molecular weight excluding hydrogens is 384 g/mol. The van der Waals surface area contributed by atoms with Crippen molar-refractivity contribution in [2.45, 2.75) is 64.3 Å². The van der Waals surface area contributed by atoms with E-state index in [1.807, 2.05) is 42.5 Å². The maximum Gasteiger partial charge on any atom is 0.185 e. The van der Waals surface area contributed by atoms with Crippen molar-refractivity contribution in [1.82, 2.24) is 0 Å². The number of halogens is 1. The summed E-state index contributed by atoms with van der Waals surface area (Å²) in [6, 6.07) is 15.9. The number of ether oxygens (including phenoxy) is 3. The van der Waals surface area contributed by atoms with Crippen LogP contribution in [0.5, 0.6) is 5.75 Å². The first-order valence-electron chi connectivity index (χ1n) is 10.9. The normalized spacial score (nSPS) is 21.8. The van der Waals surface area contributed by atoms with Crippen LogP contribution in [-0.2, 0) is 9.47 Å². The van der Waals surface area contributed by atoms with Gasteiger partial charge in [-0.15, -0.1) is 0 Å². The van der Waals surface area contributed by atoms with E-state index < -0.39 is 6.29 Å². The van der Waals surface area contributed by atoms with E-state index in [1.165, 1.54) is 38.5 Å². The molecule has 29 heavy (non-hydrogen) atoms. The van der Waals surface area contributed by atoms with Crippen LogP contribution in [0.4, 0.5) is 0 Å². The van der Waals surface area contributed by atoms with Gasteiger partial charge >= 0.3 is 0 Å². The van der Waals surface area contributed by atoms with Gasteiger partial charge in [0.25, 0.3) is 0 Å². The average molecular weight is 417 g/mol. The number of para-hydroxylation sites is 1. The molecule has 0 saturated carbocycles. The maximum atomic E-state index is 6.50. The Morgan fingerprint density at radius 3 is 2.38 bits per heavy atom. The third-order valence-electron chi connectivity index (χ3n) is 5.69. The molecule has 1 aliphatic rings. The van der Waals surface area contributed by atoms with Gasteiger partial charge in [0.1, 0.15) is 5.75 Å². The van der Waals surface area contributed by atoms with Crippen LogP contribution in [0.15, 0.2) is 48.5 Å². The van der Waals surface area contributed by atoms with E-state index in [2.05, 4.69) is 13.0 Å². The molecule has 0 N–H and O–H groups in total. The van der Waals surface area contributed by atoms with Crippen LogP contribution in [0, 0.1) is 5.92 Å². The van der Waals surface area contributed by atoms with E-state index in [1.54, 1.807) is 7.11 Å². The summed E-state index contributed by atoms with van der Waals surface area (Å²) in [5, 5.41) is 0.672. The van der Waals surface area contributed by atoms with Crippen LogP contribution < -0.4 is 4.74 Å². The first-order chi connectivity index (χ1) is 14.2. The van der Waals surface area contributed by atoms with Crippen molar-refractivity contribution < 1.29 is 14.2 Å². The van der Waals surface area contributed by atoms with Crippen molar-refractivity contribution in [3.63, 3.8) is 0 Å². The molecule has 1 fully saturated rings. The molecule has 1 saturated heterocycles. The van der Waals surface area contributed by atoms with Gasteiger partial charge in [-0.05, 0) is 18.6 Å². The van der Waals surface area contributed by atoms with Gasteiger partial charge in [0.2, 0.25) is 0 Å². The zero-order valence-electron chi connectivity index (χ0n) is 17.6. The first kappa shape index (κ1) is 22.1. The molecule has 3 atom stereocenters. The van der Waals surface area contributed by atoms with Gasteiger partial charge in [0.15, 0.2) is 6.29 Å². The fraction of sp³-hybridized carbons (Fsp3) is 0.520. The number of methoxy groups -OCH3 is 1. The van der Waals surface area contributed by atoms with Crippen LogP contribution in [0.25, 0.3) is 0 Å². The third-order valence-corrected chi connectivity index (χ3v) is 6.04. The average Bonchev–Trinajstić information content (AvgIpc) is 2.76. The Hall–Kier alpha value is -1.55. The molecule has 2 aromatic rings. The lowest BCUT2D eigenvalue weighted by Gasteiger charge is -2.38. The fourth-order valence-electron chi connectivity index (χ4n) is 4.06. The third kappa shape index (κ3) is 5.97. The molecule has 0 amide bonds. The zero-order chi connectivity index (χ0) is 20.5. The monoisotopic (exact) mass is 416 g/mol. The second-order valence-corrected chi connectivity index (χ2v) is 8.21. The lowest BCUT2D eigenvalue weighted by atomic mass is 9.89. The second-order valence-electron chi connectivity index (χ2n) is 7.80. The number of hydrogen-bond donors (Lipinski definition) is 0. The lowest BCUT2D eigenvalue weighted by molar-refractivity contribution is -0.245. The van der Waals surface area contributed by atoms with Gasteiger partial charge in [0, 0.05) is 22.1 Å². The lowest BCUT2D eigenvalue weighted by Crippen LogP contribution is -2.31. The Bertz CT molecular complexity index is 748. The Labute approximate surface area is 180 Å². The van der Waals surface area contributed by atoms with E-state index in [-0.39, 0.29) is 6.10 Å². The smallest absolute Gasteiger partial charge is 0.185 e. The first-order valence-corrected chi connectivity index (χ1v) is 11.3. The van der Waals surface area contributed by atoms with Crippen molar-refractivity contribution >= 4 is 11.6 Å². The fourth-order valence-corrected chi connectivity index (χ4v) is 4.29. The van der Waals surface area contributed by atoms with E-state index >= 15 is 0 Å². The highest BCUT2D eigenvalue weighted by Gasteiger charge is 2.35. The summed E-state index contributed by atoms with van der Waals surface area (Å²) in [6.45, 7) is 2.91. The largest absolute Gasteiger partial charge is 0.496 e. The number of unbranched alkanes of at least 4 members (excludes halogenated alkanes) is 5. The minimum Gasteiger partial charge on any atom is -0.496 e. The van der Waals surface area contributed by atoms with Gasteiger partial charge in [-0.25, -0.2) is 0 Å². The molecule has 3 unspecified atom stereocenters. The summed E-state index contributed by atoms with van der Waals surface area (Å²) in [7, 11) is 1.71. The molecule has 1 aliphatic heterocycles. The van der Waals surface area contributed by atoms with Gasteiger partial charge < -0.3 is 14.2 Å². The maximum absolute atomic E-state index is 6.50. The van der Waals surface area contributed by atoms with E-state index in [0.29, 0.717) is 17.5 Å². The Balaban J connectivity index is 1.73. The summed E-state index contributed by atoms with van der Waals surface area (Å²) < 4.78 is 18.3. The highest BCUT2D eigenvalue weighted by molar-refractivity contribution is 6.31. The van der Waals surface area contributed by atoms with Crippen LogP contribution in [-0.4, -0.2) is 13.7 Å². The van der Waals surface area contributed by atoms with E-state index in [9.17, 15) is 0 Å². The summed E-state index contributed by atoms with van der Waals surface area (Å²) in [6.07, 6.45) is 8.28. The summed E-state index contributed by atoms with van der Waals surface area (Å²) in [5.74, 6) is 1.17. The van der Waals surface area contributed by atoms with Gasteiger partial charge in [0.05, 0.1) is 19.8 Å². The van der Waals surface area contributed by atoms with Gasteiger partial charge in [-0.2, -0.15) is 0 Å². The van der Waals surface area contributed by atoms with Crippen molar-refractivity contribution in [3.05, 3.63) is 64.7 Å². The molecule has 2 aromatic carbocycles. The molecule has 4 heteroatoms. The Kier molecular flexibility index (Phi) is 8.85. The second kappa shape index (κ2) is 11.6. The minimum absolute atomic E-state index is 0.0724. The molecule has 0 aromatic heterocycles. The molecule has 0 bridgehead atoms. The van der Waals surface area contributed by atoms with E-state index in [0.717, 1.165) is 23.3 Å². The molecule has 0 radical (unpaired) electrons. The van der Waals surface area contributed by atoms with Crippen molar-refractivity contribution in [2.75, 3.05) is 13.7 Å². The van der Waals surface area contributed by atoms with Crippen molar-refractivity contribution in [3.8, 4) is 5.75 Å². The Morgan fingerprint density at radius 1 is 0.931 bits per heavy atom. The van der Waals surface area contributed by atoms with E-state index in [4.69, 9.17) is 25.8 Å². The summed E-state index contributed by atoms with van der Waals surface area (Å²) in [5.41, 5.74) is 1.97. The summed E-state index contributed by atoms with van der Waals surface area (Å²) in [4.78, 5) is 0. The molecule has 3 rings (SSSR count). The molecule has 0 aliphatic carbocycles. The minimum atomic E-state index is -0.459. The number of hydrogen-bond acceptors (Lipinski definition) is 3. The predicted molar refractivity (Wildman–Crippen MR) is 118 cm³/mol. The molecule has 1 heterocycles. The standard InChI is InChI=1S/C25H33ClO3/c1-3-4-5-6-7-8-13-19-18-28-25(20-14-9-11-16-22(20)26)29-24(19)21-15-10-12-17-23(21)27-2/h9-12,14-17,19,24-25H,3-8,13,18H2,1-2H3. The van der Waals surface area contributed by atoms with Gasteiger partial charge in [-0.3, -0.25) is 0 Å². The van der Waals surface area contributed by atoms with Crippen LogP contribution in [0.1, 0.15) is 75.4 Å². The Morgan fingerprint density at radius 2 is 1.62 bits per heavy atom. The summed E-state index contributed by atoms with van der Waals surface area (Å²) >= 11 is 6.41. The SMILES string of the molecule is CCCCCCCCC1COC(c2ccccc2Cl)OC1c1ccccc1OC. The molecular formula is C25H33ClO3.